The van der Waals surface area contributed by atoms with E-state index in [9.17, 15) is 4.79 Å². The summed E-state index contributed by atoms with van der Waals surface area (Å²) in [5.41, 5.74) is 5.30. The molecule has 1 saturated heterocycles. The molecule has 2 N–H and O–H groups in total. The molecule has 0 aliphatic carbocycles. The number of nitrogens with two attached hydrogens (primary N) is 1. The lowest BCUT2D eigenvalue weighted by Crippen LogP contribution is -2.24. The molecular weight excluding hydrogens is 188 g/mol. The Morgan fingerprint density at radius 1 is 1.57 bits per heavy atom. The maximum absolute atomic E-state index is 11.0. The summed E-state index contributed by atoms with van der Waals surface area (Å²) >= 11 is 0. The van der Waals surface area contributed by atoms with Crippen LogP contribution in [0.3, 0.4) is 0 Å². The highest BCUT2D eigenvalue weighted by Gasteiger charge is 2.23. The Kier molecular flexibility index (Phi) is 2.32. The summed E-state index contributed by atoms with van der Waals surface area (Å²) < 4.78 is 9.54. The smallest absolute Gasteiger partial charge is 0.410 e. The lowest BCUT2D eigenvalue weighted by atomic mass is 10.5. The van der Waals surface area contributed by atoms with Crippen molar-refractivity contribution < 1.29 is 14.1 Å². The van der Waals surface area contributed by atoms with Crippen LogP contribution < -0.4 is 5.73 Å². The van der Waals surface area contributed by atoms with Crippen molar-refractivity contribution in [1.82, 2.24) is 15.0 Å². The maximum atomic E-state index is 11.0. The van der Waals surface area contributed by atoms with Crippen LogP contribution in [-0.2, 0) is 17.8 Å². The summed E-state index contributed by atoms with van der Waals surface area (Å²) in [5.74, 6) is 0.817. The number of aromatic nitrogens is 2. The van der Waals surface area contributed by atoms with Crippen LogP contribution in [0.2, 0.25) is 0 Å². The minimum Gasteiger partial charge on any atom is -0.448 e. The van der Waals surface area contributed by atoms with Gasteiger partial charge in [0.05, 0.1) is 19.6 Å². The molecule has 0 bridgehead atoms. The molecule has 2 rings (SSSR count). The number of hydrogen-bond acceptors (Lipinski definition) is 6. The van der Waals surface area contributed by atoms with Gasteiger partial charge in [-0.15, -0.1) is 0 Å². The molecule has 1 fully saturated rings. The quantitative estimate of drug-likeness (QED) is 0.702. The number of carbonyl (C=O) groups is 1. The van der Waals surface area contributed by atoms with Crippen molar-refractivity contribution in [3.05, 3.63) is 11.7 Å². The molecule has 0 spiro atoms. The summed E-state index contributed by atoms with van der Waals surface area (Å²) in [6.07, 6.45) is -0.343. The number of amides is 1. The van der Waals surface area contributed by atoms with Crippen LogP contribution in [0, 0.1) is 0 Å². The topological polar surface area (TPSA) is 94.5 Å². The van der Waals surface area contributed by atoms with Crippen molar-refractivity contribution in [3.63, 3.8) is 0 Å². The van der Waals surface area contributed by atoms with E-state index in [0.29, 0.717) is 31.4 Å². The predicted molar refractivity (Wildman–Crippen MR) is 43.9 cm³/mol. The zero-order valence-electron chi connectivity index (χ0n) is 7.47. The molecule has 0 radical (unpaired) electrons. The van der Waals surface area contributed by atoms with E-state index < -0.39 is 0 Å². The average Bonchev–Trinajstić information content (AvgIpc) is 2.77. The summed E-state index contributed by atoms with van der Waals surface area (Å²) in [6, 6.07) is 0. The van der Waals surface area contributed by atoms with Crippen LogP contribution in [0.5, 0.6) is 0 Å². The van der Waals surface area contributed by atoms with Gasteiger partial charge >= 0.3 is 6.09 Å². The van der Waals surface area contributed by atoms with Gasteiger partial charge in [-0.2, -0.15) is 4.98 Å². The number of carbonyl (C=O) groups excluding carboxylic acids is 1. The highest BCUT2D eigenvalue weighted by molar-refractivity contribution is 5.69. The van der Waals surface area contributed by atoms with E-state index >= 15 is 0 Å². The van der Waals surface area contributed by atoms with Crippen molar-refractivity contribution in [2.45, 2.75) is 13.1 Å². The first kappa shape index (κ1) is 8.95. The van der Waals surface area contributed by atoms with Gasteiger partial charge in [-0.05, 0) is 0 Å². The van der Waals surface area contributed by atoms with E-state index in [0.717, 1.165) is 0 Å². The summed E-state index contributed by atoms with van der Waals surface area (Å²) in [4.78, 5) is 16.5. The van der Waals surface area contributed by atoms with Gasteiger partial charge in [-0.3, -0.25) is 4.90 Å². The average molecular weight is 198 g/mol. The van der Waals surface area contributed by atoms with Gasteiger partial charge in [-0.25, -0.2) is 4.79 Å². The second-order valence-corrected chi connectivity index (χ2v) is 2.84. The van der Waals surface area contributed by atoms with Crippen LogP contribution >= 0.6 is 0 Å². The molecule has 76 valence electrons. The van der Waals surface area contributed by atoms with Crippen molar-refractivity contribution in [2.75, 3.05) is 13.2 Å². The lowest BCUT2D eigenvalue weighted by Gasteiger charge is -2.07. The Morgan fingerprint density at radius 2 is 2.43 bits per heavy atom. The predicted octanol–water partition coefficient (Wildman–Crippen LogP) is -0.520. The van der Waals surface area contributed by atoms with Crippen LogP contribution in [-0.4, -0.2) is 34.3 Å². The number of hydrogen-bond donors (Lipinski definition) is 1. The number of cyclic esters (lactones) is 1. The number of nitrogens with zero attached hydrogens (tertiary/aromatic N) is 3. The molecule has 0 aromatic carbocycles. The number of rotatable bonds is 3. The standard InChI is InChI=1S/C7H10N4O3/c8-3-6-9-5(10-14-6)4-11-1-2-13-7(11)12/h1-4,8H2. The normalized spacial score (nSPS) is 16.1. The minimum absolute atomic E-state index is 0.206. The summed E-state index contributed by atoms with van der Waals surface area (Å²) in [6.45, 7) is 1.49. The molecule has 7 heteroatoms. The highest BCUT2D eigenvalue weighted by atomic mass is 16.6. The molecule has 1 aromatic heterocycles. The zero-order valence-corrected chi connectivity index (χ0v) is 7.47. The van der Waals surface area contributed by atoms with E-state index in [2.05, 4.69) is 10.1 Å². The SMILES string of the molecule is NCc1nc(CN2CCOC2=O)no1. The fourth-order valence-corrected chi connectivity index (χ4v) is 1.18. The Bertz CT molecular complexity index is 337. The van der Waals surface area contributed by atoms with Crippen molar-refractivity contribution in [1.29, 1.82) is 0 Å². The van der Waals surface area contributed by atoms with E-state index in [1.165, 1.54) is 4.90 Å². The first-order valence-electron chi connectivity index (χ1n) is 4.23. The van der Waals surface area contributed by atoms with Gasteiger partial charge in [0.15, 0.2) is 5.82 Å². The molecule has 0 saturated carbocycles. The molecule has 0 atom stereocenters. The van der Waals surface area contributed by atoms with Gasteiger partial charge in [0.1, 0.15) is 6.61 Å². The van der Waals surface area contributed by atoms with Crippen LogP contribution in [0.15, 0.2) is 4.52 Å². The Balaban J connectivity index is 1.99. The highest BCUT2D eigenvalue weighted by Crippen LogP contribution is 2.07. The molecule has 1 aromatic rings. The van der Waals surface area contributed by atoms with Crippen LogP contribution in [0.4, 0.5) is 4.79 Å². The largest absolute Gasteiger partial charge is 0.448 e. The first-order chi connectivity index (χ1) is 6.79. The fraction of sp³-hybridized carbons (Fsp3) is 0.571. The summed E-state index contributed by atoms with van der Waals surface area (Å²) in [7, 11) is 0. The molecule has 1 amide bonds. The molecule has 7 nitrogen and oxygen atoms in total. The molecule has 0 unspecified atom stereocenters. The molecule has 1 aliphatic heterocycles. The molecule has 14 heavy (non-hydrogen) atoms. The summed E-state index contributed by atoms with van der Waals surface area (Å²) in [5, 5.41) is 3.67. The minimum atomic E-state index is -0.343. The first-order valence-corrected chi connectivity index (χ1v) is 4.23. The molecule has 2 heterocycles. The second kappa shape index (κ2) is 3.62. The molecular formula is C7H10N4O3. The Labute approximate surface area is 79.8 Å². The van der Waals surface area contributed by atoms with Crippen molar-refractivity contribution in [2.24, 2.45) is 5.73 Å². The van der Waals surface area contributed by atoms with Gasteiger partial charge in [0, 0.05) is 0 Å². The Hall–Kier alpha value is -1.63. The van der Waals surface area contributed by atoms with Gasteiger partial charge in [0.25, 0.3) is 0 Å². The maximum Gasteiger partial charge on any atom is 0.410 e. The van der Waals surface area contributed by atoms with E-state index in [4.69, 9.17) is 15.0 Å². The van der Waals surface area contributed by atoms with E-state index in [1.54, 1.807) is 0 Å². The third-order valence-corrected chi connectivity index (χ3v) is 1.86. The van der Waals surface area contributed by atoms with Crippen molar-refractivity contribution >= 4 is 6.09 Å². The van der Waals surface area contributed by atoms with E-state index in [1.807, 2.05) is 0 Å². The fourth-order valence-electron chi connectivity index (χ4n) is 1.18. The second-order valence-electron chi connectivity index (χ2n) is 2.84. The Morgan fingerprint density at radius 3 is 3.00 bits per heavy atom. The van der Waals surface area contributed by atoms with Gasteiger partial charge < -0.3 is 15.0 Å². The molecule has 1 aliphatic rings. The third-order valence-electron chi connectivity index (χ3n) is 1.86. The van der Waals surface area contributed by atoms with Gasteiger partial charge in [-0.1, -0.05) is 5.16 Å². The van der Waals surface area contributed by atoms with Crippen molar-refractivity contribution in [3.8, 4) is 0 Å². The lowest BCUT2D eigenvalue weighted by molar-refractivity contribution is 0.156. The van der Waals surface area contributed by atoms with Gasteiger partial charge in [0.2, 0.25) is 5.89 Å². The number of ether oxygens (including phenoxy) is 1. The van der Waals surface area contributed by atoms with Crippen LogP contribution in [0.1, 0.15) is 11.7 Å². The van der Waals surface area contributed by atoms with E-state index in [-0.39, 0.29) is 12.6 Å². The van der Waals surface area contributed by atoms with Crippen LogP contribution in [0.25, 0.3) is 0 Å². The third kappa shape index (κ3) is 1.67. The zero-order chi connectivity index (χ0) is 9.97. The monoisotopic (exact) mass is 198 g/mol.